The Balaban J connectivity index is 1.58. The van der Waals surface area contributed by atoms with E-state index < -0.39 is 0 Å². The number of fused-ring (bicyclic) bond motifs is 1. The van der Waals surface area contributed by atoms with E-state index in [1.807, 2.05) is 0 Å². The molecule has 3 fully saturated rings. The van der Waals surface area contributed by atoms with Crippen LogP contribution >= 0.6 is 0 Å². The first-order chi connectivity index (χ1) is 7.34. The zero-order valence-corrected chi connectivity index (χ0v) is 8.87. The van der Waals surface area contributed by atoms with E-state index in [4.69, 9.17) is 4.74 Å². The van der Waals surface area contributed by atoms with Gasteiger partial charge in [-0.2, -0.15) is 0 Å². The molecule has 1 aliphatic carbocycles. The molecule has 3 rings (SSSR count). The van der Waals surface area contributed by atoms with E-state index in [-0.39, 0.29) is 18.1 Å². The van der Waals surface area contributed by atoms with Crippen LogP contribution < -0.4 is 10.6 Å². The summed E-state index contributed by atoms with van der Waals surface area (Å²) in [5.74, 6) is 0.532. The van der Waals surface area contributed by atoms with Gasteiger partial charge in [-0.15, -0.1) is 0 Å². The zero-order valence-electron chi connectivity index (χ0n) is 8.87. The van der Waals surface area contributed by atoms with Crippen molar-refractivity contribution in [1.29, 1.82) is 0 Å². The number of nitrogens with one attached hydrogen (secondary N) is 2. The summed E-state index contributed by atoms with van der Waals surface area (Å²) in [6.45, 7) is 1.71. The molecule has 2 heterocycles. The molecule has 3 atom stereocenters. The van der Waals surface area contributed by atoms with E-state index >= 15 is 0 Å². The van der Waals surface area contributed by atoms with E-state index in [0.29, 0.717) is 12.0 Å². The minimum absolute atomic E-state index is 0.198. The number of carbonyl (C=O) groups is 1. The Morgan fingerprint density at radius 2 is 2.20 bits per heavy atom. The molecule has 0 aromatic heterocycles. The summed E-state index contributed by atoms with van der Waals surface area (Å²) in [5, 5.41) is 6.55. The van der Waals surface area contributed by atoms with Gasteiger partial charge >= 0.3 is 0 Å². The molecule has 84 valence electrons. The van der Waals surface area contributed by atoms with Crippen LogP contribution in [-0.4, -0.2) is 37.2 Å². The molecule has 2 saturated heterocycles. The van der Waals surface area contributed by atoms with Gasteiger partial charge in [-0.1, -0.05) is 0 Å². The van der Waals surface area contributed by atoms with Crippen molar-refractivity contribution in [1.82, 2.24) is 10.6 Å². The Labute approximate surface area is 89.7 Å². The van der Waals surface area contributed by atoms with Gasteiger partial charge in [0.15, 0.2) is 0 Å². The maximum absolute atomic E-state index is 11.6. The third-order valence-electron chi connectivity index (χ3n) is 3.64. The molecule has 4 heteroatoms. The third kappa shape index (κ3) is 1.88. The Bertz CT molecular complexity index is 265. The smallest absolute Gasteiger partial charge is 0.223 e. The van der Waals surface area contributed by atoms with Crippen LogP contribution in [-0.2, 0) is 9.53 Å². The van der Waals surface area contributed by atoms with Crippen molar-refractivity contribution >= 4 is 5.91 Å². The van der Waals surface area contributed by atoms with Crippen LogP contribution in [0.2, 0.25) is 0 Å². The first-order valence-electron chi connectivity index (χ1n) is 6.00. The average Bonchev–Trinajstić information content (AvgIpc) is 3.03. The van der Waals surface area contributed by atoms with Crippen molar-refractivity contribution in [3.8, 4) is 0 Å². The van der Waals surface area contributed by atoms with Gasteiger partial charge < -0.3 is 15.4 Å². The predicted octanol–water partition coefficient (Wildman–Crippen LogP) is 0.0320. The molecular formula is C11H18N2O2. The fourth-order valence-corrected chi connectivity index (χ4v) is 2.59. The number of rotatable bonds is 2. The fourth-order valence-electron chi connectivity index (χ4n) is 2.59. The van der Waals surface area contributed by atoms with Gasteiger partial charge in [0.25, 0.3) is 0 Å². The molecular weight excluding hydrogens is 192 g/mol. The largest absolute Gasteiger partial charge is 0.374 e. The van der Waals surface area contributed by atoms with E-state index in [1.165, 1.54) is 6.42 Å². The van der Waals surface area contributed by atoms with E-state index in [9.17, 15) is 4.79 Å². The summed E-state index contributed by atoms with van der Waals surface area (Å²) in [5.41, 5.74) is 0. The minimum atomic E-state index is 0.198. The second kappa shape index (κ2) is 3.76. The van der Waals surface area contributed by atoms with Gasteiger partial charge in [-0.3, -0.25) is 4.79 Å². The standard InChI is InChI=1S/C11H18N2O2/c14-11(7-3-4-7)13-9-6-12-8-2-1-5-15-10(8)9/h7-10,12H,1-6H2,(H,13,14)/t8-,9-,10+/m1/s1. The highest BCUT2D eigenvalue weighted by Gasteiger charge is 2.41. The number of amides is 1. The van der Waals surface area contributed by atoms with Gasteiger partial charge in [-0.25, -0.2) is 0 Å². The topological polar surface area (TPSA) is 50.4 Å². The maximum Gasteiger partial charge on any atom is 0.223 e. The van der Waals surface area contributed by atoms with Gasteiger partial charge in [-0.05, 0) is 25.7 Å². The average molecular weight is 210 g/mol. The number of carbonyl (C=O) groups excluding carboxylic acids is 1. The van der Waals surface area contributed by atoms with Crippen LogP contribution in [0.3, 0.4) is 0 Å². The molecule has 0 radical (unpaired) electrons. The first-order valence-corrected chi connectivity index (χ1v) is 6.00. The van der Waals surface area contributed by atoms with Gasteiger partial charge in [0.2, 0.25) is 5.91 Å². The van der Waals surface area contributed by atoms with Crippen LogP contribution in [0.15, 0.2) is 0 Å². The number of hydrogen-bond donors (Lipinski definition) is 2. The zero-order chi connectivity index (χ0) is 10.3. The molecule has 2 N–H and O–H groups in total. The van der Waals surface area contributed by atoms with E-state index in [2.05, 4.69) is 10.6 Å². The molecule has 0 aromatic carbocycles. The Hall–Kier alpha value is -0.610. The summed E-state index contributed by atoms with van der Waals surface area (Å²) in [6, 6.07) is 0.659. The molecule has 0 bridgehead atoms. The molecule has 1 amide bonds. The molecule has 2 aliphatic heterocycles. The van der Waals surface area contributed by atoms with Crippen molar-refractivity contribution in [2.24, 2.45) is 5.92 Å². The molecule has 1 saturated carbocycles. The van der Waals surface area contributed by atoms with Gasteiger partial charge in [0.1, 0.15) is 0 Å². The predicted molar refractivity (Wildman–Crippen MR) is 55.4 cm³/mol. The summed E-state index contributed by atoms with van der Waals surface area (Å²) < 4.78 is 5.74. The molecule has 0 unspecified atom stereocenters. The third-order valence-corrected chi connectivity index (χ3v) is 3.64. The fraction of sp³-hybridized carbons (Fsp3) is 0.909. The van der Waals surface area contributed by atoms with E-state index in [0.717, 1.165) is 32.4 Å². The SMILES string of the molecule is O=C(N[C@@H]1CN[C@@H]2CCCO[C@@H]21)C1CC1. The quantitative estimate of drug-likeness (QED) is 0.676. The molecule has 15 heavy (non-hydrogen) atoms. The second-order valence-electron chi connectivity index (χ2n) is 4.88. The number of ether oxygens (including phenoxy) is 1. The monoisotopic (exact) mass is 210 g/mol. The lowest BCUT2D eigenvalue weighted by molar-refractivity contribution is -0.124. The van der Waals surface area contributed by atoms with Crippen molar-refractivity contribution < 1.29 is 9.53 Å². The molecule has 0 spiro atoms. The van der Waals surface area contributed by atoms with Crippen molar-refractivity contribution in [3.63, 3.8) is 0 Å². The summed E-state index contributed by atoms with van der Waals surface area (Å²) in [7, 11) is 0. The van der Waals surface area contributed by atoms with E-state index in [1.54, 1.807) is 0 Å². The van der Waals surface area contributed by atoms with Crippen LogP contribution in [0, 0.1) is 5.92 Å². The summed E-state index contributed by atoms with van der Waals surface area (Å²) >= 11 is 0. The van der Waals surface area contributed by atoms with Crippen LogP contribution in [0.4, 0.5) is 0 Å². The van der Waals surface area contributed by atoms with Crippen LogP contribution in [0.5, 0.6) is 0 Å². The lowest BCUT2D eigenvalue weighted by Crippen LogP contribution is -2.47. The van der Waals surface area contributed by atoms with Crippen LogP contribution in [0.1, 0.15) is 25.7 Å². The van der Waals surface area contributed by atoms with Gasteiger partial charge in [0, 0.05) is 25.1 Å². The molecule has 3 aliphatic rings. The summed E-state index contributed by atoms with van der Waals surface area (Å²) in [6.07, 6.45) is 4.67. The highest BCUT2D eigenvalue weighted by atomic mass is 16.5. The molecule has 0 aromatic rings. The minimum Gasteiger partial charge on any atom is -0.374 e. The Morgan fingerprint density at radius 1 is 1.33 bits per heavy atom. The molecule has 4 nitrogen and oxygen atoms in total. The highest BCUT2D eigenvalue weighted by molar-refractivity contribution is 5.81. The van der Waals surface area contributed by atoms with Crippen LogP contribution in [0.25, 0.3) is 0 Å². The highest BCUT2D eigenvalue weighted by Crippen LogP contribution is 2.30. The first kappa shape index (κ1) is 9.60. The maximum atomic E-state index is 11.6. The van der Waals surface area contributed by atoms with Crippen molar-refractivity contribution in [3.05, 3.63) is 0 Å². The Morgan fingerprint density at radius 3 is 3.00 bits per heavy atom. The van der Waals surface area contributed by atoms with Gasteiger partial charge in [0.05, 0.1) is 12.1 Å². The lowest BCUT2D eigenvalue weighted by atomic mass is 10.0. The summed E-state index contributed by atoms with van der Waals surface area (Å²) in [4.78, 5) is 11.6. The normalized spacial score (nSPS) is 39.9. The second-order valence-corrected chi connectivity index (χ2v) is 4.88. The Kier molecular flexibility index (Phi) is 2.41. The van der Waals surface area contributed by atoms with Crippen molar-refractivity contribution in [2.75, 3.05) is 13.2 Å². The number of hydrogen-bond acceptors (Lipinski definition) is 3. The van der Waals surface area contributed by atoms with Crippen molar-refractivity contribution in [2.45, 2.75) is 43.9 Å². The lowest BCUT2D eigenvalue weighted by Gasteiger charge is -2.29.